The van der Waals surface area contributed by atoms with E-state index >= 15 is 0 Å². The van der Waals surface area contributed by atoms with Gasteiger partial charge in [0.05, 0.1) is 10.6 Å². The molecule has 0 radical (unpaired) electrons. The van der Waals surface area contributed by atoms with Crippen LogP contribution in [0.1, 0.15) is 23.2 Å². The highest BCUT2D eigenvalue weighted by Crippen LogP contribution is 2.21. The fourth-order valence-electron chi connectivity index (χ4n) is 2.16. The monoisotopic (exact) mass is 281 g/mol. The van der Waals surface area contributed by atoms with Crippen LogP contribution in [0.2, 0.25) is 5.02 Å². The quantitative estimate of drug-likeness (QED) is 0.779. The molecule has 1 saturated heterocycles. The van der Waals surface area contributed by atoms with Crippen LogP contribution in [-0.2, 0) is 4.79 Å². The van der Waals surface area contributed by atoms with Crippen molar-refractivity contribution in [2.24, 2.45) is 11.7 Å². The van der Waals surface area contributed by atoms with Gasteiger partial charge in [0.15, 0.2) is 0 Å². The van der Waals surface area contributed by atoms with Crippen LogP contribution in [-0.4, -0.2) is 24.9 Å². The van der Waals surface area contributed by atoms with Gasteiger partial charge in [-0.05, 0) is 43.6 Å². The van der Waals surface area contributed by atoms with E-state index in [-0.39, 0.29) is 16.5 Å². The molecule has 0 bridgehead atoms. The molecule has 1 aromatic carbocycles. The number of amides is 2. The first-order valence-electron chi connectivity index (χ1n) is 6.16. The highest BCUT2D eigenvalue weighted by atomic mass is 35.5. The Morgan fingerprint density at radius 2 is 2.26 bits per heavy atom. The average molecular weight is 282 g/mol. The largest absolute Gasteiger partial charge is 0.366 e. The van der Waals surface area contributed by atoms with E-state index in [2.05, 4.69) is 10.6 Å². The molecule has 1 aromatic rings. The van der Waals surface area contributed by atoms with Gasteiger partial charge in [-0.25, -0.2) is 0 Å². The van der Waals surface area contributed by atoms with Gasteiger partial charge >= 0.3 is 0 Å². The first-order valence-corrected chi connectivity index (χ1v) is 6.54. The van der Waals surface area contributed by atoms with Gasteiger partial charge in [-0.2, -0.15) is 0 Å². The van der Waals surface area contributed by atoms with Crippen molar-refractivity contribution < 1.29 is 9.59 Å². The standard InChI is InChI=1S/C13H16ClN3O2/c14-11-6-9(1-2-10(11)13(15)19)17-12(18)5-8-3-4-16-7-8/h1-2,6,8,16H,3-5,7H2,(H2,15,19)(H,17,18). The van der Waals surface area contributed by atoms with E-state index in [1.54, 1.807) is 6.07 Å². The second-order valence-corrected chi connectivity index (χ2v) is 5.08. The first-order chi connectivity index (χ1) is 9.06. The summed E-state index contributed by atoms with van der Waals surface area (Å²) in [5, 5.41) is 6.23. The number of rotatable bonds is 4. The third-order valence-corrected chi connectivity index (χ3v) is 3.47. The molecule has 1 heterocycles. The van der Waals surface area contributed by atoms with Crippen LogP contribution in [0.3, 0.4) is 0 Å². The Labute approximate surface area is 116 Å². The van der Waals surface area contributed by atoms with Gasteiger partial charge in [0.25, 0.3) is 0 Å². The molecule has 6 heteroatoms. The zero-order chi connectivity index (χ0) is 13.8. The van der Waals surface area contributed by atoms with Gasteiger partial charge in [0, 0.05) is 12.1 Å². The zero-order valence-electron chi connectivity index (χ0n) is 10.4. The summed E-state index contributed by atoms with van der Waals surface area (Å²) in [6.45, 7) is 1.85. The number of nitrogens with one attached hydrogen (secondary N) is 2. The lowest BCUT2D eigenvalue weighted by Crippen LogP contribution is -2.18. The Bertz CT molecular complexity index is 499. The van der Waals surface area contributed by atoms with E-state index in [9.17, 15) is 9.59 Å². The van der Waals surface area contributed by atoms with Crippen LogP contribution in [0.4, 0.5) is 5.69 Å². The van der Waals surface area contributed by atoms with E-state index in [1.165, 1.54) is 12.1 Å². The molecule has 1 atom stereocenters. The highest BCUT2D eigenvalue weighted by Gasteiger charge is 2.18. The normalized spacial score (nSPS) is 18.3. The topological polar surface area (TPSA) is 84.2 Å². The number of primary amides is 1. The zero-order valence-corrected chi connectivity index (χ0v) is 11.2. The van der Waals surface area contributed by atoms with Crippen LogP contribution >= 0.6 is 11.6 Å². The Kier molecular flexibility index (Phi) is 4.39. The van der Waals surface area contributed by atoms with Crippen LogP contribution in [0.15, 0.2) is 18.2 Å². The fourth-order valence-corrected chi connectivity index (χ4v) is 2.43. The van der Waals surface area contributed by atoms with Crippen molar-refractivity contribution in [1.29, 1.82) is 0 Å². The molecular formula is C13H16ClN3O2. The lowest BCUT2D eigenvalue weighted by atomic mass is 10.0. The van der Waals surface area contributed by atoms with E-state index < -0.39 is 5.91 Å². The van der Waals surface area contributed by atoms with E-state index in [4.69, 9.17) is 17.3 Å². The third kappa shape index (κ3) is 3.68. The molecular weight excluding hydrogens is 266 g/mol. The summed E-state index contributed by atoms with van der Waals surface area (Å²) in [5.41, 5.74) is 5.98. The van der Waals surface area contributed by atoms with Crippen molar-refractivity contribution in [3.8, 4) is 0 Å². The number of carbonyl (C=O) groups is 2. The molecule has 1 fully saturated rings. The number of hydrogen-bond acceptors (Lipinski definition) is 3. The molecule has 0 aromatic heterocycles. The van der Waals surface area contributed by atoms with Crippen molar-refractivity contribution in [3.63, 3.8) is 0 Å². The summed E-state index contributed by atoms with van der Waals surface area (Å²) < 4.78 is 0. The Morgan fingerprint density at radius 1 is 1.47 bits per heavy atom. The van der Waals surface area contributed by atoms with Gasteiger partial charge < -0.3 is 16.4 Å². The summed E-state index contributed by atoms with van der Waals surface area (Å²) >= 11 is 5.92. The van der Waals surface area contributed by atoms with Crippen molar-refractivity contribution in [1.82, 2.24) is 5.32 Å². The first kappa shape index (κ1) is 13.8. The molecule has 1 aliphatic heterocycles. The minimum absolute atomic E-state index is 0.0448. The fraction of sp³-hybridized carbons (Fsp3) is 0.385. The number of benzene rings is 1. The van der Waals surface area contributed by atoms with Crippen LogP contribution in [0.25, 0.3) is 0 Å². The number of carbonyl (C=O) groups excluding carboxylic acids is 2. The average Bonchev–Trinajstić information content (AvgIpc) is 2.81. The molecule has 5 nitrogen and oxygen atoms in total. The Hall–Kier alpha value is -1.59. The maximum atomic E-state index is 11.8. The highest BCUT2D eigenvalue weighted by molar-refractivity contribution is 6.34. The summed E-state index contributed by atoms with van der Waals surface area (Å²) in [5.74, 6) is -0.239. The van der Waals surface area contributed by atoms with Gasteiger partial charge in [-0.1, -0.05) is 11.6 Å². The van der Waals surface area contributed by atoms with Crippen LogP contribution in [0.5, 0.6) is 0 Å². The Balaban J connectivity index is 1.96. The lowest BCUT2D eigenvalue weighted by Gasteiger charge is -2.10. The maximum Gasteiger partial charge on any atom is 0.250 e. The Morgan fingerprint density at radius 3 is 2.84 bits per heavy atom. The lowest BCUT2D eigenvalue weighted by molar-refractivity contribution is -0.116. The van der Waals surface area contributed by atoms with Crippen LogP contribution in [0, 0.1) is 5.92 Å². The summed E-state index contributed by atoms with van der Waals surface area (Å²) in [6, 6.07) is 4.67. The molecule has 102 valence electrons. The van der Waals surface area contributed by atoms with Crippen molar-refractivity contribution in [2.75, 3.05) is 18.4 Å². The molecule has 1 aliphatic rings. The van der Waals surface area contributed by atoms with Gasteiger partial charge in [0.2, 0.25) is 11.8 Å². The number of nitrogens with two attached hydrogens (primary N) is 1. The number of halogens is 1. The molecule has 0 aliphatic carbocycles. The second-order valence-electron chi connectivity index (χ2n) is 4.67. The summed E-state index contributed by atoms with van der Waals surface area (Å²) in [7, 11) is 0. The summed E-state index contributed by atoms with van der Waals surface area (Å²) in [4.78, 5) is 22.9. The maximum absolute atomic E-state index is 11.8. The molecule has 19 heavy (non-hydrogen) atoms. The van der Waals surface area contributed by atoms with E-state index in [0.29, 0.717) is 18.0 Å². The molecule has 4 N–H and O–H groups in total. The minimum Gasteiger partial charge on any atom is -0.366 e. The molecule has 2 rings (SSSR count). The second kappa shape index (κ2) is 6.04. The number of hydrogen-bond donors (Lipinski definition) is 3. The third-order valence-electron chi connectivity index (χ3n) is 3.15. The smallest absolute Gasteiger partial charge is 0.250 e. The predicted octanol–water partition coefficient (Wildman–Crippen LogP) is 1.38. The van der Waals surface area contributed by atoms with Gasteiger partial charge in [-0.3, -0.25) is 9.59 Å². The molecule has 1 unspecified atom stereocenters. The van der Waals surface area contributed by atoms with Gasteiger partial charge in [-0.15, -0.1) is 0 Å². The summed E-state index contributed by atoms with van der Waals surface area (Å²) in [6.07, 6.45) is 1.51. The minimum atomic E-state index is -0.583. The van der Waals surface area contributed by atoms with Crippen molar-refractivity contribution in [3.05, 3.63) is 28.8 Å². The molecule has 0 spiro atoms. The number of anilines is 1. The molecule has 0 saturated carbocycles. The SMILES string of the molecule is NC(=O)c1ccc(NC(=O)CC2CCNC2)cc1Cl. The predicted molar refractivity (Wildman–Crippen MR) is 74.2 cm³/mol. The van der Waals surface area contributed by atoms with Crippen LogP contribution < -0.4 is 16.4 Å². The van der Waals surface area contributed by atoms with Crippen molar-refractivity contribution >= 4 is 29.1 Å². The molecule has 2 amide bonds. The van der Waals surface area contributed by atoms with Crippen molar-refractivity contribution in [2.45, 2.75) is 12.8 Å². The van der Waals surface area contributed by atoms with E-state index in [1.807, 2.05) is 0 Å². The van der Waals surface area contributed by atoms with E-state index in [0.717, 1.165) is 19.5 Å². The van der Waals surface area contributed by atoms with Gasteiger partial charge in [0.1, 0.15) is 0 Å².